The van der Waals surface area contributed by atoms with Crippen LogP contribution in [-0.4, -0.2) is 49.2 Å². The van der Waals surface area contributed by atoms with Gasteiger partial charge in [0.15, 0.2) is 0 Å². The molecule has 0 saturated carbocycles. The number of ether oxygens (including phenoxy) is 2. The minimum absolute atomic E-state index is 0.0937. The predicted octanol–water partition coefficient (Wildman–Crippen LogP) is 2.45. The first-order valence-corrected chi connectivity index (χ1v) is 8.33. The molecule has 2 atom stereocenters. The number of esters is 2. The van der Waals surface area contributed by atoms with E-state index in [0.717, 1.165) is 0 Å². The van der Waals surface area contributed by atoms with Gasteiger partial charge in [0, 0.05) is 12.6 Å². The number of carbonyl (C=O) groups is 2. The van der Waals surface area contributed by atoms with Crippen LogP contribution in [0.15, 0.2) is 65.8 Å². The van der Waals surface area contributed by atoms with E-state index in [1.165, 1.54) is 13.3 Å². The molecule has 0 aliphatic carbocycles. The highest BCUT2D eigenvalue weighted by atomic mass is 16.6. The second kappa shape index (κ2) is 10.7. The first kappa shape index (κ1) is 20.1. The zero-order valence-electron chi connectivity index (χ0n) is 14.9. The molecule has 0 unspecified atom stereocenters. The van der Waals surface area contributed by atoms with Gasteiger partial charge in [-0.25, -0.2) is 9.59 Å². The van der Waals surface area contributed by atoms with Gasteiger partial charge in [-0.3, -0.25) is 0 Å². The Labute approximate surface area is 157 Å². The van der Waals surface area contributed by atoms with Crippen molar-refractivity contribution in [3.63, 3.8) is 0 Å². The Bertz CT molecular complexity index is 748. The van der Waals surface area contributed by atoms with Crippen LogP contribution >= 0.6 is 0 Å². The van der Waals surface area contributed by atoms with Crippen LogP contribution in [-0.2, 0) is 14.3 Å². The van der Waals surface area contributed by atoms with E-state index in [0.29, 0.717) is 11.1 Å². The first-order chi connectivity index (χ1) is 13.1. The molecule has 27 heavy (non-hydrogen) atoms. The molecule has 142 valence electrons. The second-order valence-electron chi connectivity index (χ2n) is 5.55. The number of nitrogens with zero attached hydrogens (tertiary/aromatic N) is 1. The maximum Gasteiger partial charge on any atom is 0.338 e. The molecule has 0 amide bonds. The van der Waals surface area contributed by atoms with Crippen molar-refractivity contribution in [1.29, 1.82) is 0 Å². The third-order valence-electron chi connectivity index (χ3n) is 3.61. The molecule has 0 saturated heterocycles. The van der Waals surface area contributed by atoms with E-state index < -0.39 is 24.1 Å². The third-order valence-corrected chi connectivity index (χ3v) is 3.61. The molecular weight excluding hydrogens is 350 g/mol. The molecule has 2 aromatic rings. The summed E-state index contributed by atoms with van der Waals surface area (Å²) in [5.41, 5.74) is 0.711. The molecule has 1 N–H and O–H groups in total. The number of hydrogen-bond acceptors (Lipinski definition) is 7. The summed E-state index contributed by atoms with van der Waals surface area (Å²) in [6, 6.07) is 16.8. The Kier molecular flexibility index (Phi) is 7.99. The van der Waals surface area contributed by atoms with Gasteiger partial charge in [-0.1, -0.05) is 41.6 Å². The Balaban J connectivity index is 1.98. The summed E-state index contributed by atoms with van der Waals surface area (Å²) in [6.45, 7) is -0.332. The van der Waals surface area contributed by atoms with Gasteiger partial charge in [-0.15, -0.1) is 0 Å². The summed E-state index contributed by atoms with van der Waals surface area (Å²) in [6.07, 6.45) is -0.726. The highest BCUT2D eigenvalue weighted by molar-refractivity contribution is 5.90. The van der Waals surface area contributed by atoms with Gasteiger partial charge in [-0.05, 0) is 24.3 Å². The molecule has 0 fully saturated rings. The molecular formula is C20H21NO6. The maximum absolute atomic E-state index is 12.2. The van der Waals surface area contributed by atoms with E-state index in [2.05, 4.69) is 9.99 Å². The molecule has 0 aromatic heterocycles. The number of rotatable bonds is 9. The quantitative estimate of drug-likeness (QED) is 0.413. The van der Waals surface area contributed by atoms with Crippen molar-refractivity contribution in [3.05, 3.63) is 71.8 Å². The van der Waals surface area contributed by atoms with Crippen LogP contribution in [0.5, 0.6) is 0 Å². The lowest BCUT2D eigenvalue weighted by Crippen LogP contribution is -2.36. The molecule has 2 aromatic carbocycles. The Morgan fingerprint density at radius 3 is 2.11 bits per heavy atom. The van der Waals surface area contributed by atoms with Crippen LogP contribution in [0.3, 0.4) is 0 Å². The molecule has 7 heteroatoms. The molecule has 2 rings (SSSR count). The average molecular weight is 371 g/mol. The summed E-state index contributed by atoms with van der Waals surface area (Å²) >= 11 is 0. The lowest BCUT2D eigenvalue weighted by molar-refractivity contribution is -0.0408. The molecule has 0 aliphatic rings. The number of aliphatic hydroxyl groups excluding tert-OH is 1. The number of benzene rings is 2. The van der Waals surface area contributed by atoms with Gasteiger partial charge < -0.3 is 19.4 Å². The third kappa shape index (κ3) is 6.56. The van der Waals surface area contributed by atoms with Gasteiger partial charge >= 0.3 is 11.9 Å². The van der Waals surface area contributed by atoms with E-state index in [1.54, 1.807) is 60.7 Å². The van der Waals surface area contributed by atoms with Gasteiger partial charge in [0.2, 0.25) is 0 Å². The largest absolute Gasteiger partial charge is 0.459 e. The number of hydrogen-bond donors (Lipinski definition) is 1. The minimum Gasteiger partial charge on any atom is -0.459 e. The highest BCUT2D eigenvalue weighted by Gasteiger charge is 2.25. The predicted molar refractivity (Wildman–Crippen MR) is 98.5 cm³/mol. The van der Waals surface area contributed by atoms with Crippen LogP contribution in [0.2, 0.25) is 0 Å². The van der Waals surface area contributed by atoms with E-state index in [9.17, 15) is 14.7 Å². The summed E-state index contributed by atoms with van der Waals surface area (Å²) in [5.74, 6) is -1.17. The fourth-order valence-corrected chi connectivity index (χ4v) is 2.21. The van der Waals surface area contributed by atoms with Gasteiger partial charge in [0.1, 0.15) is 25.9 Å². The van der Waals surface area contributed by atoms with Crippen molar-refractivity contribution in [2.24, 2.45) is 5.16 Å². The van der Waals surface area contributed by atoms with Crippen LogP contribution < -0.4 is 0 Å². The van der Waals surface area contributed by atoms with Gasteiger partial charge in [0.25, 0.3) is 0 Å². The van der Waals surface area contributed by atoms with Crippen molar-refractivity contribution < 1.29 is 29.0 Å². The van der Waals surface area contributed by atoms with Gasteiger partial charge in [-0.2, -0.15) is 0 Å². The molecule has 0 bridgehead atoms. The lowest BCUT2D eigenvalue weighted by Gasteiger charge is -2.21. The smallest absolute Gasteiger partial charge is 0.338 e. The van der Waals surface area contributed by atoms with Crippen molar-refractivity contribution in [1.82, 2.24) is 0 Å². The minimum atomic E-state index is -1.23. The Hall–Kier alpha value is -3.19. The van der Waals surface area contributed by atoms with Crippen molar-refractivity contribution in [2.45, 2.75) is 18.6 Å². The number of carbonyl (C=O) groups excluding carboxylic acids is 2. The summed E-state index contributed by atoms with van der Waals surface area (Å²) in [4.78, 5) is 28.8. The normalized spacial score (nSPS) is 13.0. The summed E-state index contributed by atoms with van der Waals surface area (Å²) in [5, 5.41) is 13.9. The Morgan fingerprint density at radius 1 is 1.00 bits per heavy atom. The first-order valence-electron chi connectivity index (χ1n) is 8.33. The Morgan fingerprint density at radius 2 is 1.56 bits per heavy atom. The fourth-order valence-electron chi connectivity index (χ4n) is 2.21. The monoisotopic (exact) mass is 371 g/mol. The highest BCUT2D eigenvalue weighted by Crippen LogP contribution is 2.11. The molecule has 0 radical (unpaired) electrons. The van der Waals surface area contributed by atoms with Crippen LogP contribution in [0, 0.1) is 0 Å². The zero-order chi connectivity index (χ0) is 19.5. The van der Waals surface area contributed by atoms with Crippen molar-refractivity contribution >= 4 is 18.2 Å². The maximum atomic E-state index is 12.2. The molecule has 0 heterocycles. The molecule has 0 spiro atoms. The zero-order valence-corrected chi connectivity index (χ0v) is 14.9. The summed E-state index contributed by atoms with van der Waals surface area (Å²) in [7, 11) is 1.37. The number of aliphatic hydroxyl groups is 1. The topological polar surface area (TPSA) is 94.4 Å². The van der Waals surface area contributed by atoms with E-state index in [4.69, 9.17) is 9.47 Å². The van der Waals surface area contributed by atoms with E-state index >= 15 is 0 Å². The van der Waals surface area contributed by atoms with Crippen LogP contribution in [0.25, 0.3) is 0 Å². The van der Waals surface area contributed by atoms with E-state index in [-0.39, 0.29) is 13.0 Å². The summed E-state index contributed by atoms with van der Waals surface area (Å²) < 4.78 is 10.5. The lowest BCUT2D eigenvalue weighted by atomic mass is 10.1. The van der Waals surface area contributed by atoms with Gasteiger partial charge in [0.05, 0.1) is 11.1 Å². The van der Waals surface area contributed by atoms with E-state index in [1.807, 2.05) is 0 Å². The van der Waals surface area contributed by atoms with Crippen LogP contribution in [0.1, 0.15) is 27.1 Å². The number of oxime groups is 1. The fraction of sp³-hybridized carbons (Fsp3) is 0.250. The van der Waals surface area contributed by atoms with Crippen molar-refractivity contribution in [3.8, 4) is 0 Å². The SMILES string of the molecule is CON=CC[C@H](OC(=O)c1ccccc1)[C@H](O)COC(=O)c1ccccc1. The second-order valence-corrected chi connectivity index (χ2v) is 5.55. The van der Waals surface area contributed by atoms with Crippen molar-refractivity contribution in [2.75, 3.05) is 13.7 Å². The molecule has 0 aliphatic heterocycles. The van der Waals surface area contributed by atoms with Crippen LogP contribution in [0.4, 0.5) is 0 Å². The standard InChI is InChI=1S/C20H21NO6/c1-25-21-13-12-18(27-20(24)16-10-6-3-7-11-16)17(22)14-26-19(23)15-8-4-2-5-9-15/h2-11,13,17-18,22H,12,14H2,1H3/t17-,18+/m1/s1. The average Bonchev–Trinajstić information content (AvgIpc) is 2.72. The molecule has 7 nitrogen and oxygen atoms in total.